The van der Waals surface area contributed by atoms with Gasteiger partial charge in [-0.2, -0.15) is 0 Å². The maximum atomic E-state index is 9.93. The van der Waals surface area contributed by atoms with Gasteiger partial charge in [-0.3, -0.25) is 0 Å². The molecule has 6 nitrogen and oxygen atoms in total. The van der Waals surface area contributed by atoms with Gasteiger partial charge >= 0.3 is 6.16 Å². The highest BCUT2D eigenvalue weighted by Gasteiger charge is 2.15. The summed E-state index contributed by atoms with van der Waals surface area (Å²) in [5.74, 6) is -0.227. The molecular weight excluding hydrogens is 180 g/mol. The molecule has 0 aliphatic rings. The maximum absolute atomic E-state index is 9.93. The smallest absolute Gasteiger partial charge is 0.450 e. The molecule has 0 fully saturated rings. The third kappa shape index (κ3) is 7.51. The summed E-state index contributed by atoms with van der Waals surface area (Å²) >= 11 is 0. The van der Waals surface area contributed by atoms with Gasteiger partial charge in [0.05, 0.1) is 0 Å². The Balaban J connectivity index is 3.64. The van der Waals surface area contributed by atoms with Crippen LogP contribution in [0.25, 0.3) is 0 Å². The quantitative estimate of drug-likeness (QED) is 0.354. The number of aliphatic hydroxyl groups is 3. The third-order valence-corrected chi connectivity index (χ3v) is 1.45. The zero-order valence-corrected chi connectivity index (χ0v) is 7.25. The summed E-state index contributed by atoms with van der Waals surface area (Å²) in [5, 5.41) is 34.1. The molecule has 0 aromatic heterocycles. The van der Waals surface area contributed by atoms with Crippen molar-refractivity contribution < 1.29 is 30.0 Å². The van der Waals surface area contributed by atoms with E-state index in [9.17, 15) is 4.79 Å². The molecular formula is C7H14O6. The molecule has 0 rings (SSSR count). The predicted molar refractivity (Wildman–Crippen MR) is 41.7 cm³/mol. The first-order chi connectivity index (χ1) is 5.91. The normalized spacial score (nSPS) is 15.5. The Morgan fingerprint density at radius 3 is 2.23 bits per heavy atom. The summed E-state index contributed by atoms with van der Waals surface area (Å²) in [6, 6.07) is 0. The average Bonchev–Trinajstić information content (AvgIpc) is 1.80. The van der Waals surface area contributed by atoms with E-state index in [-0.39, 0.29) is 18.8 Å². The molecule has 0 spiro atoms. The highest BCUT2D eigenvalue weighted by atomic mass is 16.7. The van der Waals surface area contributed by atoms with E-state index in [2.05, 4.69) is 4.74 Å². The lowest BCUT2D eigenvalue weighted by atomic mass is 10.0. The summed E-state index contributed by atoms with van der Waals surface area (Å²) in [6.07, 6.45) is -4.30. The van der Waals surface area contributed by atoms with Crippen molar-refractivity contribution in [2.24, 2.45) is 5.92 Å². The van der Waals surface area contributed by atoms with E-state index in [1.54, 1.807) is 6.92 Å². The van der Waals surface area contributed by atoms with Crippen molar-refractivity contribution in [1.29, 1.82) is 0 Å². The van der Waals surface area contributed by atoms with E-state index in [1.165, 1.54) is 0 Å². The standard InChI is InChI=1S/C7H14O6/c1-4(2-5(8)9)3-6(10)13-7(11)12/h4-6,8-10H,2-3H2,1H3,(H,11,12). The van der Waals surface area contributed by atoms with Crippen LogP contribution in [-0.4, -0.2) is 39.2 Å². The fourth-order valence-electron chi connectivity index (χ4n) is 0.965. The van der Waals surface area contributed by atoms with Crippen LogP contribution < -0.4 is 0 Å². The Morgan fingerprint density at radius 1 is 1.31 bits per heavy atom. The zero-order valence-electron chi connectivity index (χ0n) is 7.25. The van der Waals surface area contributed by atoms with Crippen LogP contribution in [0.15, 0.2) is 0 Å². The molecule has 0 bridgehead atoms. The second-order valence-corrected chi connectivity index (χ2v) is 2.90. The number of hydrogen-bond donors (Lipinski definition) is 4. The first kappa shape index (κ1) is 12.2. The molecule has 13 heavy (non-hydrogen) atoms. The van der Waals surface area contributed by atoms with Gasteiger partial charge in [0.15, 0.2) is 6.29 Å². The second kappa shape index (κ2) is 5.74. The van der Waals surface area contributed by atoms with Crippen LogP contribution in [0, 0.1) is 5.92 Å². The summed E-state index contributed by atoms with van der Waals surface area (Å²) in [4.78, 5) is 9.93. The molecule has 0 heterocycles. The molecule has 0 saturated carbocycles. The lowest BCUT2D eigenvalue weighted by molar-refractivity contribution is -0.0947. The van der Waals surface area contributed by atoms with Crippen LogP contribution in [0.5, 0.6) is 0 Å². The van der Waals surface area contributed by atoms with Crippen LogP contribution >= 0.6 is 0 Å². The molecule has 0 amide bonds. The van der Waals surface area contributed by atoms with Crippen LogP contribution in [0.1, 0.15) is 19.8 Å². The first-order valence-electron chi connectivity index (χ1n) is 3.85. The van der Waals surface area contributed by atoms with E-state index in [0.29, 0.717) is 0 Å². The van der Waals surface area contributed by atoms with Gasteiger partial charge in [0, 0.05) is 12.8 Å². The van der Waals surface area contributed by atoms with Crippen LogP contribution in [0.4, 0.5) is 4.79 Å². The minimum Gasteiger partial charge on any atom is -0.450 e. The van der Waals surface area contributed by atoms with Crippen LogP contribution in [-0.2, 0) is 4.74 Å². The number of aliphatic hydroxyl groups excluding tert-OH is 2. The van der Waals surface area contributed by atoms with Crippen molar-refractivity contribution in [3.05, 3.63) is 0 Å². The molecule has 4 N–H and O–H groups in total. The first-order valence-corrected chi connectivity index (χ1v) is 3.85. The monoisotopic (exact) mass is 194 g/mol. The van der Waals surface area contributed by atoms with Crippen LogP contribution in [0.2, 0.25) is 0 Å². The van der Waals surface area contributed by atoms with Gasteiger partial charge in [0.2, 0.25) is 6.29 Å². The van der Waals surface area contributed by atoms with Crippen molar-refractivity contribution in [2.45, 2.75) is 32.3 Å². The Labute approximate surface area is 75.4 Å². The maximum Gasteiger partial charge on any atom is 0.508 e. The average molecular weight is 194 g/mol. The number of hydrogen-bond acceptors (Lipinski definition) is 5. The summed E-state index contributed by atoms with van der Waals surface area (Å²) < 4.78 is 4.01. The molecule has 0 radical (unpaired) electrons. The SMILES string of the molecule is CC(CC(O)O)CC(O)OC(=O)O. The number of carboxylic acid groups (broad SMARTS) is 1. The molecule has 0 aromatic rings. The van der Waals surface area contributed by atoms with Crippen molar-refractivity contribution in [3.8, 4) is 0 Å². The highest BCUT2D eigenvalue weighted by molar-refractivity contribution is 5.56. The molecule has 0 aromatic carbocycles. The van der Waals surface area contributed by atoms with Gasteiger partial charge in [-0.15, -0.1) is 0 Å². The highest BCUT2D eigenvalue weighted by Crippen LogP contribution is 2.12. The van der Waals surface area contributed by atoms with Gasteiger partial charge < -0.3 is 25.2 Å². The van der Waals surface area contributed by atoms with E-state index >= 15 is 0 Å². The summed E-state index contributed by atoms with van der Waals surface area (Å²) in [5.41, 5.74) is 0. The Morgan fingerprint density at radius 2 is 1.85 bits per heavy atom. The Bertz CT molecular complexity index is 157. The van der Waals surface area contributed by atoms with Gasteiger partial charge in [-0.1, -0.05) is 6.92 Å². The van der Waals surface area contributed by atoms with E-state index in [1.807, 2.05) is 0 Å². The molecule has 78 valence electrons. The Hall–Kier alpha value is -0.850. The second-order valence-electron chi connectivity index (χ2n) is 2.90. The van der Waals surface area contributed by atoms with Gasteiger partial charge in [-0.25, -0.2) is 4.79 Å². The molecule has 0 aliphatic carbocycles. The lowest BCUT2D eigenvalue weighted by Crippen LogP contribution is -2.21. The van der Waals surface area contributed by atoms with Crippen molar-refractivity contribution in [2.75, 3.05) is 0 Å². The predicted octanol–water partition coefficient (Wildman–Crippen LogP) is -0.274. The number of rotatable bonds is 5. The van der Waals surface area contributed by atoms with E-state index < -0.39 is 18.7 Å². The fraction of sp³-hybridized carbons (Fsp3) is 0.857. The molecule has 6 heteroatoms. The summed E-state index contributed by atoms with van der Waals surface area (Å²) in [6.45, 7) is 1.65. The van der Waals surface area contributed by atoms with Crippen LogP contribution in [0.3, 0.4) is 0 Å². The van der Waals surface area contributed by atoms with Gasteiger partial charge in [0.1, 0.15) is 0 Å². The largest absolute Gasteiger partial charge is 0.508 e. The zero-order chi connectivity index (χ0) is 10.4. The minimum atomic E-state index is -1.55. The number of carbonyl (C=O) groups is 1. The van der Waals surface area contributed by atoms with Crippen molar-refractivity contribution in [1.82, 2.24) is 0 Å². The van der Waals surface area contributed by atoms with Gasteiger partial charge in [0.25, 0.3) is 0 Å². The molecule has 0 aliphatic heterocycles. The third-order valence-electron chi connectivity index (χ3n) is 1.45. The molecule has 2 unspecified atom stereocenters. The summed E-state index contributed by atoms with van der Waals surface area (Å²) in [7, 11) is 0. The van der Waals surface area contributed by atoms with Gasteiger partial charge in [-0.05, 0) is 5.92 Å². The van der Waals surface area contributed by atoms with E-state index in [0.717, 1.165) is 0 Å². The van der Waals surface area contributed by atoms with E-state index in [4.69, 9.17) is 20.4 Å². The van der Waals surface area contributed by atoms with Crippen molar-refractivity contribution in [3.63, 3.8) is 0 Å². The van der Waals surface area contributed by atoms with Crippen molar-refractivity contribution >= 4 is 6.16 Å². The Kier molecular flexibility index (Phi) is 5.36. The number of ether oxygens (including phenoxy) is 1. The molecule has 0 saturated heterocycles. The fourth-order valence-corrected chi connectivity index (χ4v) is 0.965. The molecule has 2 atom stereocenters. The topological polar surface area (TPSA) is 107 Å². The minimum absolute atomic E-state index is 0.0456. The lowest BCUT2D eigenvalue weighted by Gasteiger charge is -2.15.